The summed E-state index contributed by atoms with van der Waals surface area (Å²) in [5.41, 5.74) is 5.60. The second-order valence-corrected chi connectivity index (χ2v) is 7.34. The summed E-state index contributed by atoms with van der Waals surface area (Å²) in [7, 11) is 0. The number of halogens is 1. The van der Waals surface area contributed by atoms with Gasteiger partial charge in [0.15, 0.2) is 0 Å². The molecule has 0 aliphatic carbocycles. The number of pyridine rings is 1. The molecule has 0 saturated carbocycles. The van der Waals surface area contributed by atoms with Crippen molar-refractivity contribution in [2.45, 2.75) is 18.9 Å². The molecule has 0 aliphatic heterocycles. The minimum absolute atomic E-state index is 0.616. The number of benzene rings is 2. The summed E-state index contributed by atoms with van der Waals surface area (Å²) in [4.78, 5) is 4.75. The van der Waals surface area contributed by atoms with Crippen molar-refractivity contribution < 1.29 is 0 Å². The Morgan fingerprint density at radius 3 is 2.28 bits per heavy atom. The van der Waals surface area contributed by atoms with Gasteiger partial charge in [0.1, 0.15) is 11.1 Å². The van der Waals surface area contributed by atoms with Gasteiger partial charge in [-0.3, -0.25) is 0 Å². The van der Waals surface area contributed by atoms with Gasteiger partial charge >= 0.3 is 0 Å². The third-order valence-electron chi connectivity index (χ3n) is 3.88. The average molecular weight is 365 g/mol. The van der Waals surface area contributed by atoms with E-state index in [4.69, 9.17) is 16.6 Å². The molecule has 1 heterocycles. The second-order valence-electron chi connectivity index (χ2n) is 5.65. The monoisotopic (exact) mass is 364 g/mol. The third kappa shape index (κ3) is 3.87. The summed E-state index contributed by atoms with van der Waals surface area (Å²) in [6, 6.07) is 20.2. The van der Waals surface area contributed by atoms with Crippen molar-refractivity contribution >= 4 is 23.4 Å². The average Bonchev–Trinajstić information content (AvgIpc) is 2.62. The molecule has 0 aliphatic rings. The van der Waals surface area contributed by atoms with E-state index >= 15 is 0 Å². The number of hydrogen-bond donors (Lipinski definition) is 0. The van der Waals surface area contributed by atoms with Gasteiger partial charge in [0.05, 0.1) is 11.3 Å². The number of nitrogens with zero attached hydrogens (tertiary/aromatic N) is 2. The third-order valence-corrected chi connectivity index (χ3v) is 4.99. The zero-order valence-corrected chi connectivity index (χ0v) is 15.7. The molecule has 3 rings (SSSR count). The lowest BCUT2D eigenvalue weighted by Crippen LogP contribution is -1.96. The van der Waals surface area contributed by atoms with Gasteiger partial charge in [0, 0.05) is 16.1 Å². The van der Waals surface area contributed by atoms with Gasteiger partial charge in [0.25, 0.3) is 0 Å². The lowest BCUT2D eigenvalue weighted by molar-refractivity contribution is 1.12. The molecular formula is C21H17ClN2S. The van der Waals surface area contributed by atoms with Crippen molar-refractivity contribution in [3.63, 3.8) is 0 Å². The Morgan fingerprint density at radius 1 is 1.04 bits per heavy atom. The van der Waals surface area contributed by atoms with Crippen LogP contribution >= 0.6 is 23.4 Å². The first-order chi connectivity index (χ1) is 12.1. The molecular weight excluding hydrogens is 348 g/mol. The summed E-state index contributed by atoms with van der Waals surface area (Å²) in [6.45, 7) is 4.13. The Kier molecular flexibility index (Phi) is 5.43. The molecule has 3 aromatic rings. The Hall–Kier alpha value is -2.28. The molecule has 0 N–H and O–H groups in total. The van der Waals surface area contributed by atoms with Gasteiger partial charge in [-0.25, -0.2) is 4.98 Å². The van der Waals surface area contributed by atoms with E-state index in [9.17, 15) is 5.26 Å². The van der Waals surface area contributed by atoms with Crippen LogP contribution in [0.3, 0.4) is 0 Å². The van der Waals surface area contributed by atoms with Crippen molar-refractivity contribution in [3.05, 3.63) is 70.7 Å². The van der Waals surface area contributed by atoms with Crippen LogP contribution in [0, 0.1) is 18.3 Å². The molecule has 0 atom stereocenters. The zero-order chi connectivity index (χ0) is 17.8. The van der Waals surface area contributed by atoms with Crippen molar-refractivity contribution in [2.24, 2.45) is 0 Å². The van der Waals surface area contributed by atoms with Crippen LogP contribution in [0.4, 0.5) is 0 Å². The van der Waals surface area contributed by atoms with Crippen LogP contribution < -0.4 is 0 Å². The van der Waals surface area contributed by atoms with E-state index in [0.717, 1.165) is 33.2 Å². The van der Waals surface area contributed by atoms with Crippen LogP contribution in [0.25, 0.3) is 22.4 Å². The van der Waals surface area contributed by atoms with E-state index in [0.29, 0.717) is 10.6 Å². The largest absolute Gasteiger partial charge is 0.240 e. The maximum absolute atomic E-state index is 9.71. The normalized spacial score (nSPS) is 10.5. The number of aryl methyl sites for hydroxylation is 1. The van der Waals surface area contributed by atoms with Crippen LogP contribution in [0.2, 0.25) is 5.02 Å². The first-order valence-electron chi connectivity index (χ1n) is 8.03. The Bertz CT molecular complexity index is 926. The standard InChI is InChI=1S/C21H17ClN2S/c1-3-25-21-19(13-23)18(15-8-10-17(22)11-9-15)12-20(24-21)16-6-4-14(2)5-7-16/h4-12H,3H2,1-2H3. The summed E-state index contributed by atoms with van der Waals surface area (Å²) >= 11 is 7.61. The predicted octanol–water partition coefficient (Wildman–Crippen LogP) is 6.36. The van der Waals surface area contributed by atoms with E-state index < -0.39 is 0 Å². The second kappa shape index (κ2) is 7.74. The lowest BCUT2D eigenvalue weighted by atomic mass is 9.99. The van der Waals surface area contributed by atoms with Gasteiger partial charge in [-0.1, -0.05) is 60.5 Å². The SMILES string of the molecule is CCSc1nc(-c2ccc(C)cc2)cc(-c2ccc(Cl)cc2)c1C#N. The molecule has 25 heavy (non-hydrogen) atoms. The maximum Gasteiger partial charge on any atom is 0.115 e. The molecule has 2 nitrogen and oxygen atoms in total. The molecule has 0 fully saturated rings. The first kappa shape index (κ1) is 17.5. The van der Waals surface area contributed by atoms with Crippen molar-refractivity contribution in [1.29, 1.82) is 5.26 Å². The Morgan fingerprint density at radius 2 is 1.68 bits per heavy atom. The summed E-state index contributed by atoms with van der Waals surface area (Å²) < 4.78 is 0. The highest BCUT2D eigenvalue weighted by Gasteiger charge is 2.15. The fourth-order valence-corrected chi connectivity index (χ4v) is 3.46. The molecule has 1 aromatic heterocycles. The van der Waals surface area contributed by atoms with E-state index in [1.807, 2.05) is 30.3 Å². The molecule has 0 amide bonds. The highest BCUT2D eigenvalue weighted by atomic mass is 35.5. The van der Waals surface area contributed by atoms with Crippen LogP contribution in [-0.2, 0) is 0 Å². The summed E-state index contributed by atoms with van der Waals surface area (Å²) in [5.74, 6) is 0.860. The van der Waals surface area contributed by atoms with Crippen LogP contribution in [0.5, 0.6) is 0 Å². The van der Waals surface area contributed by atoms with Gasteiger partial charge < -0.3 is 0 Å². The molecule has 2 aromatic carbocycles. The van der Waals surface area contributed by atoms with E-state index in [1.54, 1.807) is 11.8 Å². The van der Waals surface area contributed by atoms with Crippen molar-refractivity contribution in [1.82, 2.24) is 4.98 Å². The topological polar surface area (TPSA) is 36.7 Å². The quantitative estimate of drug-likeness (QED) is 0.505. The lowest BCUT2D eigenvalue weighted by Gasteiger charge is -2.12. The van der Waals surface area contributed by atoms with Gasteiger partial charge in [-0.2, -0.15) is 5.26 Å². The minimum atomic E-state index is 0.616. The van der Waals surface area contributed by atoms with Crippen LogP contribution in [-0.4, -0.2) is 10.7 Å². The summed E-state index contributed by atoms with van der Waals surface area (Å²) in [6.07, 6.45) is 0. The predicted molar refractivity (Wildman–Crippen MR) is 106 cm³/mol. The number of aromatic nitrogens is 1. The van der Waals surface area contributed by atoms with E-state index in [2.05, 4.69) is 44.2 Å². The smallest absolute Gasteiger partial charge is 0.115 e. The highest BCUT2D eigenvalue weighted by molar-refractivity contribution is 7.99. The van der Waals surface area contributed by atoms with Gasteiger partial charge in [-0.05, 0) is 36.4 Å². The molecule has 0 saturated heterocycles. The summed E-state index contributed by atoms with van der Waals surface area (Å²) in [5, 5.41) is 11.2. The Balaban J connectivity index is 2.22. The molecule has 0 spiro atoms. The number of hydrogen-bond acceptors (Lipinski definition) is 3. The van der Waals surface area contributed by atoms with Crippen LogP contribution in [0.1, 0.15) is 18.1 Å². The fourth-order valence-electron chi connectivity index (χ4n) is 2.60. The highest BCUT2D eigenvalue weighted by Crippen LogP contribution is 2.34. The molecule has 124 valence electrons. The van der Waals surface area contributed by atoms with Crippen molar-refractivity contribution in [2.75, 3.05) is 5.75 Å². The van der Waals surface area contributed by atoms with Crippen LogP contribution in [0.15, 0.2) is 59.6 Å². The molecule has 0 unspecified atom stereocenters. The van der Waals surface area contributed by atoms with E-state index in [1.165, 1.54) is 5.56 Å². The number of thioether (sulfide) groups is 1. The molecule has 4 heteroatoms. The van der Waals surface area contributed by atoms with Crippen molar-refractivity contribution in [3.8, 4) is 28.5 Å². The molecule has 0 bridgehead atoms. The minimum Gasteiger partial charge on any atom is -0.240 e. The number of nitriles is 1. The molecule has 0 radical (unpaired) electrons. The van der Waals surface area contributed by atoms with Gasteiger partial charge in [-0.15, -0.1) is 11.8 Å². The van der Waals surface area contributed by atoms with Gasteiger partial charge in [0.2, 0.25) is 0 Å². The van der Waals surface area contributed by atoms with E-state index in [-0.39, 0.29) is 0 Å². The first-order valence-corrected chi connectivity index (χ1v) is 9.39. The maximum atomic E-state index is 9.71. The zero-order valence-electron chi connectivity index (χ0n) is 14.1. The Labute approximate surface area is 157 Å². The fraction of sp³-hybridized carbons (Fsp3) is 0.143. The number of rotatable bonds is 4.